The zero-order valence-corrected chi connectivity index (χ0v) is 20.5. The van der Waals surface area contributed by atoms with E-state index in [0.29, 0.717) is 19.3 Å². The summed E-state index contributed by atoms with van der Waals surface area (Å²) in [6, 6.07) is 0. The molecule has 0 heterocycles. The lowest BCUT2D eigenvalue weighted by molar-refractivity contribution is -0.138. The molecule has 0 aliphatic rings. The number of hydrogen-bond donors (Lipinski definition) is 3. The molecule has 0 bridgehead atoms. The van der Waals surface area contributed by atoms with Gasteiger partial charge in [0, 0.05) is 19.3 Å². The van der Waals surface area contributed by atoms with E-state index in [1.165, 1.54) is 64.2 Å². The molecule has 3 N–H and O–H groups in total. The fraction of sp³-hybridized carbons (Fsp3) is 0.880. The van der Waals surface area contributed by atoms with Crippen molar-refractivity contribution < 1.29 is 29.7 Å². The first-order chi connectivity index (χ1) is 14.8. The molecule has 31 heavy (non-hydrogen) atoms. The van der Waals surface area contributed by atoms with Crippen molar-refractivity contribution >= 4 is 17.9 Å². The lowest BCUT2D eigenvalue weighted by Gasteiger charge is -1.98. The molecule has 0 rings (SSSR count). The molecule has 186 valence electrons. The molecule has 0 aliphatic heterocycles. The topological polar surface area (TPSA) is 112 Å². The molecule has 0 aromatic heterocycles. The minimum Gasteiger partial charge on any atom is -0.481 e. The smallest absolute Gasteiger partial charge is 0.303 e. The first-order valence-corrected chi connectivity index (χ1v) is 12.5. The summed E-state index contributed by atoms with van der Waals surface area (Å²) >= 11 is 0. The predicted molar refractivity (Wildman–Crippen MR) is 128 cm³/mol. The summed E-state index contributed by atoms with van der Waals surface area (Å²) in [5.41, 5.74) is 0. The number of aliphatic carboxylic acids is 3. The summed E-state index contributed by atoms with van der Waals surface area (Å²) in [4.78, 5) is 30.0. The van der Waals surface area contributed by atoms with Gasteiger partial charge in [0.15, 0.2) is 0 Å². The molecule has 0 aromatic carbocycles. The Morgan fingerprint density at radius 1 is 0.387 bits per heavy atom. The average molecular weight is 447 g/mol. The van der Waals surface area contributed by atoms with Crippen LogP contribution in [0.1, 0.15) is 143 Å². The van der Waals surface area contributed by atoms with Gasteiger partial charge in [-0.1, -0.05) is 104 Å². The highest BCUT2D eigenvalue weighted by molar-refractivity contribution is 5.67. The molecule has 0 amide bonds. The Bertz CT molecular complexity index is 367. The van der Waals surface area contributed by atoms with Crippen molar-refractivity contribution in [2.45, 2.75) is 143 Å². The van der Waals surface area contributed by atoms with Crippen LogP contribution in [0.15, 0.2) is 0 Å². The summed E-state index contributed by atoms with van der Waals surface area (Å²) in [6.45, 7) is 6.37. The van der Waals surface area contributed by atoms with Crippen molar-refractivity contribution in [3.05, 3.63) is 0 Å². The van der Waals surface area contributed by atoms with E-state index < -0.39 is 17.9 Å². The van der Waals surface area contributed by atoms with Crippen LogP contribution in [0, 0.1) is 0 Å². The van der Waals surface area contributed by atoms with Crippen molar-refractivity contribution in [2.75, 3.05) is 0 Å². The second kappa shape index (κ2) is 30.6. The van der Waals surface area contributed by atoms with Gasteiger partial charge in [-0.3, -0.25) is 14.4 Å². The SMILES string of the molecule is CCCCC(=O)O.CCCCCCCCCC(=O)O.CCCCCCCCCC(=O)O. The molecular formula is C25H50O6. The number of carboxylic acids is 3. The molecular weight excluding hydrogens is 396 g/mol. The molecule has 0 fully saturated rings. The number of hydrogen-bond acceptors (Lipinski definition) is 3. The fourth-order valence-corrected chi connectivity index (χ4v) is 2.79. The normalized spacial score (nSPS) is 9.77. The van der Waals surface area contributed by atoms with Crippen molar-refractivity contribution in [2.24, 2.45) is 0 Å². The first kappa shape index (κ1) is 34.0. The lowest BCUT2D eigenvalue weighted by Crippen LogP contribution is -1.93. The molecule has 0 saturated heterocycles. The van der Waals surface area contributed by atoms with E-state index in [-0.39, 0.29) is 0 Å². The predicted octanol–water partition coefficient (Wildman–Crippen LogP) is 7.68. The number of unbranched alkanes of at least 4 members (excludes halogenated alkanes) is 13. The standard InChI is InChI=1S/2C10H20O2.C5H10O2/c2*1-2-3-4-5-6-7-8-9-10(11)12;1-2-3-4-5(6)7/h2*2-9H2,1H3,(H,11,12);2-4H2,1H3,(H,6,7). The Morgan fingerprint density at radius 3 is 0.839 bits per heavy atom. The minimum absolute atomic E-state index is 0.316. The summed E-state index contributed by atoms with van der Waals surface area (Å²) < 4.78 is 0. The van der Waals surface area contributed by atoms with Crippen LogP contribution in [0.4, 0.5) is 0 Å². The van der Waals surface area contributed by atoms with E-state index >= 15 is 0 Å². The minimum atomic E-state index is -0.693. The number of carbonyl (C=O) groups is 3. The Kier molecular flexibility index (Phi) is 33.6. The van der Waals surface area contributed by atoms with Gasteiger partial charge in [0.2, 0.25) is 0 Å². The molecule has 6 nitrogen and oxygen atoms in total. The van der Waals surface area contributed by atoms with Gasteiger partial charge in [0.05, 0.1) is 0 Å². The summed E-state index contributed by atoms with van der Waals surface area (Å²) in [5, 5.41) is 24.8. The summed E-state index contributed by atoms with van der Waals surface area (Å²) in [6.07, 6.45) is 19.4. The molecule has 0 unspecified atom stereocenters. The van der Waals surface area contributed by atoms with Crippen LogP contribution in [0.3, 0.4) is 0 Å². The third-order valence-electron chi connectivity index (χ3n) is 4.73. The van der Waals surface area contributed by atoms with E-state index in [1.54, 1.807) is 0 Å². The van der Waals surface area contributed by atoms with Crippen molar-refractivity contribution in [1.29, 1.82) is 0 Å². The Balaban J connectivity index is -0.000000394. The van der Waals surface area contributed by atoms with Gasteiger partial charge in [0.25, 0.3) is 0 Å². The van der Waals surface area contributed by atoms with Crippen molar-refractivity contribution in [3.8, 4) is 0 Å². The average Bonchev–Trinajstić information content (AvgIpc) is 2.71. The first-order valence-electron chi connectivity index (χ1n) is 12.5. The van der Waals surface area contributed by atoms with E-state index in [9.17, 15) is 14.4 Å². The number of rotatable bonds is 19. The van der Waals surface area contributed by atoms with E-state index in [1.807, 2.05) is 6.92 Å². The van der Waals surface area contributed by atoms with Gasteiger partial charge in [-0.05, 0) is 19.3 Å². The van der Waals surface area contributed by atoms with E-state index in [4.69, 9.17) is 15.3 Å². The van der Waals surface area contributed by atoms with Crippen LogP contribution in [-0.2, 0) is 14.4 Å². The quantitative estimate of drug-likeness (QED) is 0.175. The molecule has 0 saturated carbocycles. The maximum absolute atomic E-state index is 10.1. The van der Waals surface area contributed by atoms with Gasteiger partial charge in [-0.15, -0.1) is 0 Å². The van der Waals surface area contributed by atoms with Crippen LogP contribution in [-0.4, -0.2) is 33.2 Å². The molecule has 0 radical (unpaired) electrons. The largest absolute Gasteiger partial charge is 0.481 e. The lowest BCUT2D eigenvalue weighted by atomic mass is 10.1. The molecule has 0 aromatic rings. The van der Waals surface area contributed by atoms with Crippen molar-refractivity contribution in [3.63, 3.8) is 0 Å². The van der Waals surface area contributed by atoms with Gasteiger partial charge in [0.1, 0.15) is 0 Å². The highest BCUT2D eigenvalue weighted by Crippen LogP contribution is 2.08. The fourth-order valence-electron chi connectivity index (χ4n) is 2.79. The van der Waals surface area contributed by atoms with Crippen molar-refractivity contribution in [1.82, 2.24) is 0 Å². The van der Waals surface area contributed by atoms with Gasteiger partial charge in [-0.2, -0.15) is 0 Å². The monoisotopic (exact) mass is 446 g/mol. The molecule has 0 aliphatic carbocycles. The zero-order chi connectivity index (χ0) is 24.2. The van der Waals surface area contributed by atoms with Gasteiger partial charge >= 0.3 is 17.9 Å². The maximum Gasteiger partial charge on any atom is 0.303 e. The molecule has 6 heteroatoms. The Labute approximate surface area is 190 Å². The molecule has 0 spiro atoms. The third kappa shape index (κ3) is 47.6. The van der Waals surface area contributed by atoms with Gasteiger partial charge in [-0.25, -0.2) is 0 Å². The number of carboxylic acid groups (broad SMARTS) is 3. The van der Waals surface area contributed by atoms with E-state index in [2.05, 4.69) is 13.8 Å². The Morgan fingerprint density at radius 2 is 0.613 bits per heavy atom. The van der Waals surface area contributed by atoms with Gasteiger partial charge < -0.3 is 15.3 Å². The zero-order valence-electron chi connectivity index (χ0n) is 20.5. The van der Waals surface area contributed by atoms with Crippen LogP contribution in [0.25, 0.3) is 0 Å². The van der Waals surface area contributed by atoms with Crippen LogP contribution in [0.2, 0.25) is 0 Å². The molecule has 0 atom stereocenters. The summed E-state index contributed by atoms with van der Waals surface area (Å²) in [7, 11) is 0. The maximum atomic E-state index is 10.1. The third-order valence-corrected chi connectivity index (χ3v) is 4.73. The summed E-state index contributed by atoms with van der Waals surface area (Å²) in [5.74, 6) is -2.02. The highest BCUT2D eigenvalue weighted by Gasteiger charge is 1.96. The van der Waals surface area contributed by atoms with Crippen LogP contribution >= 0.6 is 0 Å². The second-order valence-electron chi connectivity index (χ2n) is 8.03. The van der Waals surface area contributed by atoms with Crippen LogP contribution in [0.5, 0.6) is 0 Å². The van der Waals surface area contributed by atoms with E-state index in [0.717, 1.165) is 38.5 Å². The van der Waals surface area contributed by atoms with Crippen LogP contribution < -0.4 is 0 Å². The second-order valence-corrected chi connectivity index (χ2v) is 8.03. The Hall–Kier alpha value is -1.59. The highest BCUT2D eigenvalue weighted by atomic mass is 16.4.